The van der Waals surface area contributed by atoms with Crippen molar-refractivity contribution in [2.24, 2.45) is 0 Å². The maximum atomic E-state index is 10.3. The van der Waals surface area contributed by atoms with E-state index in [-0.39, 0.29) is 17.0 Å². The molecule has 0 saturated carbocycles. The summed E-state index contributed by atoms with van der Waals surface area (Å²) in [7, 11) is 2.17. The molecule has 1 aliphatic carbocycles. The van der Waals surface area contributed by atoms with Crippen LogP contribution >= 0.6 is 0 Å². The summed E-state index contributed by atoms with van der Waals surface area (Å²) in [5.74, 6) is -0.0321. The van der Waals surface area contributed by atoms with E-state index in [1.807, 2.05) is 33.8 Å². The van der Waals surface area contributed by atoms with Crippen molar-refractivity contribution in [1.29, 1.82) is 0 Å². The summed E-state index contributed by atoms with van der Waals surface area (Å²) in [6, 6.07) is 9.84. The van der Waals surface area contributed by atoms with E-state index in [2.05, 4.69) is 37.1 Å². The van der Waals surface area contributed by atoms with E-state index in [0.29, 0.717) is 0 Å². The number of hydrogen-bond donors (Lipinski definition) is 2. The lowest BCUT2D eigenvalue weighted by Crippen LogP contribution is -2.49. The van der Waals surface area contributed by atoms with Crippen molar-refractivity contribution in [1.82, 2.24) is 4.90 Å². The molecule has 0 aromatic heterocycles. The largest absolute Gasteiger partial charge is 0.504 e. The summed E-state index contributed by atoms with van der Waals surface area (Å²) in [6.07, 6.45) is 1.89. The summed E-state index contributed by atoms with van der Waals surface area (Å²) in [4.78, 5) is 2.41. The number of fused-ring (bicyclic) bond motifs is 2. The monoisotopic (exact) mass is 341 g/mol. The van der Waals surface area contributed by atoms with Gasteiger partial charge in [0.1, 0.15) is 0 Å². The van der Waals surface area contributed by atoms with Crippen molar-refractivity contribution in [3.63, 3.8) is 0 Å². The average Bonchev–Trinajstić information content (AvgIpc) is 2.65. The molecule has 3 heteroatoms. The molecular weight excluding hydrogens is 310 g/mol. The predicted molar refractivity (Wildman–Crippen MR) is 105 cm³/mol. The van der Waals surface area contributed by atoms with Gasteiger partial charge in [0.15, 0.2) is 11.5 Å². The van der Waals surface area contributed by atoms with E-state index in [9.17, 15) is 10.2 Å². The number of phenols is 2. The number of phenolic OH excluding ortho intramolecular Hbond substituents is 2. The zero-order valence-corrected chi connectivity index (χ0v) is 16.3. The second-order valence-corrected chi connectivity index (χ2v) is 6.43. The molecule has 1 aliphatic heterocycles. The molecule has 3 nitrogen and oxygen atoms in total. The van der Waals surface area contributed by atoms with Crippen LogP contribution in [0.4, 0.5) is 0 Å². The molecule has 1 heterocycles. The third-order valence-electron chi connectivity index (χ3n) is 5.30. The molecule has 0 spiro atoms. The minimum absolute atomic E-state index is 0.0103. The lowest BCUT2D eigenvalue weighted by molar-refractivity contribution is 0.122. The highest BCUT2D eigenvalue weighted by atomic mass is 16.3. The Morgan fingerprint density at radius 2 is 1.64 bits per heavy atom. The number of rotatable bonds is 0. The minimum Gasteiger partial charge on any atom is -0.504 e. The van der Waals surface area contributed by atoms with Crippen molar-refractivity contribution in [3.8, 4) is 22.6 Å². The average molecular weight is 341 g/mol. The third kappa shape index (κ3) is 2.91. The summed E-state index contributed by atoms with van der Waals surface area (Å²) < 4.78 is 0. The third-order valence-corrected chi connectivity index (χ3v) is 5.30. The lowest BCUT2D eigenvalue weighted by Gasteiger charge is -2.48. The van der Waals surface area contributed by atoms with Gasteiger partial charge < -0.3 is 10.2 Å². The number of nitrogens with zero attached hydrogens (tertiary/aromatic N) is 1. The van der Waals surface area contributed by atoms with Gasteiger partial charge in [-0.1, -0.05) is 52.0 Å². The van der Waals surface area contributed by atoms with Crippen LogP contribution in [0.25, 0.3) is 11.1 Å². The van der Waals surface area contributed by atoms with Gasteiger partial charge in [-0.25, -0.2) is 0 Å². The van der Waals surface area contributed by atoms with E-state index in [4.69, 9.17) is 0 Å². The van der Waals surface area contributed by atoms with E-state index < -0.39 is 0 Å². The van der Waals surface area contributed by atoms with Crippen LogP contribution in [0.1, 0.15) is 51.3 Å². The quantitative estimate of drug-likeness (QED) is 0.657. The van der Waals surface area contributed by atoms with Gasteiger partial charge in [0.25, 0.3) is 0 Å². The van der Waals surface area contributed by atoms with Crippen LogP contribution in [-0.4, -0.2) is 28.7 Å². The topological polar surface area (TPSA) is 43.7 Å². The number of hydrogen-bond acceptors (Lipinski definition) is 3. The molecule has 4 rings (SSSR count). The summed E-state index contributed by atoms with van der Waals surface area (Å²) in [5.41, 5.74) is 5.61. The van der Waals surface area contributed by atoms with Crippen LogP contribution in [0.5, 0.6) is 11.5 Å². The molecule has 1 unspecified atom stereocenters. The van der Waals surface area contributed by atoms with Gasteiger partial charge in [-0.3, -0.25) is 4.90 Å². The van der Waals surface area contributed by atoms with E-state index in [1.165, 1.54) is 11.1 Å². The van der Waals surface area contributed by atoms with Crippen LogP contribution in [0.3, 0.4) is 0 Å². The first-order chi connectivity index (χ1) is 12.0. The van der Waals surface area contributed by atoms with Crippen molar-refractivity contribution in [3.05, 3.63) is 47.0 Å². The molecule has 1 atom stereocenters. The van der Waals surface area contributed by atoms with E-state index in [1.54, 1.807) is 6.07 Å². The molecule has 0 bridgehead atoms. The zero-order valence-electron chi connectivity index (χ0n) is 16.3. The van der Waals surface area contributed by atoms with Crippen LogP contribution < -0.4 is 0 Å². The van der Waals surface area contributed by atoms with Crippen molar-refractivity contribution < 1.29 is 10.2 Å². The van der Waals surface area contributed by atoms with Gasteiger partial charge in [-0.05, 0) is 55.1 Å². The first-order valence-electron chi connectivity index (χ1n) is 9.40. The van der Waals surface area contributed by atoms with Gasteiger partial charge in [0.2, 0.25) is 0 Å². The van der Waals surface area contributed by atoms with Crippen molar-refractivity contribution >= 4 is 0 Å². The fourth-order valence-corrected chi connectivity index (χ4v) is 4.04. The van der Waals surface area contributed by atoms with Gasteiger partial charge >= 0.3 is 0 Å². The second kappa shape index (κ2) is 7.49. The SMILES string of the molecule is CC.CC.CN1CCc2cccc3c2C1(C)Cc1ccc(O)c(O)c1-3. The van der Waals surface area contributed by atoms with Gasteiger partial charge in [-0.2, -0.15) is 0 Å². The minimum atomic E-state index is -0.0425. The standard InChI is InChI=1S/C18H19NO2.2C2H6/c1-18-10-12-6-7-14(20)17(21)15(12)13-5-3-4-11(16(13)18)8-9-19(18)2;2*1-2/h3-7,20-21H,8-10H2,1-2H3;2*1-2H3. The van der Waals surface area contributed by atoms with Gasteiger partial charge in [-0.15, -0.1) is 0 Å². The Morgan fingerprint density at radius 1 is 0.960 bits per heavy atom. The van der Waals surface area contributed by atoms with Crippen LogP contribution in [0.15, 0.2) is 30.3 Å². The Bertz CT molecular complexity index is 754. The second-order valence-electron chi connectivity index (χ2n) is 6.43. The molecule has 2 aliphatic rings. The molecule has 0 amide bonds. The van der Waals surface area contributed by atoms with Gasteiger partial charge in [0.05, 0.1) is 0 Å². The molecule has 0 radical (unpaired) electrons. The molecule has 25 heavy (non-hydrogen) atoms. The zero-order chi connectivity index (χ0) is 18.8. The Hall–Kier alpha value is -2.00. The number of benzene rings is 2. The Labute approximate surface area is 151 Å². The Kier molecular flexibility index (Phi) is 5.79. The lowest BCUT2D eigenvalue weighted by atomic mass is 9.69. The highest BCUT2D eigenvalue weighted by Gasteiger charge is 2.42. The fourth-order valence-electron chi connectivity index (χ4n) is 4.04. The normalized spacial score (nSPS) is 20.2. The summed E-state index contributed by atoms with van der Waals surface area (Å²) >= 11 is 0. The van der Waals surface area contributed by atoms with Gasteiger partial charge in [0, 0.05) is 17.6 Å². The molecule has 2 aromatic carbocycles. The first-order valence-corrected chi connectivity index (χ1v) is 9.40. The Balaban J connectivity index is 0.000000528. The molecule has 0 saturated heterocycles. The molecular formula is C22H31NO2. The fraction of sp³-hybridized carbons (Fsp3) is 0.455. The summed E-state index contributed by atoms with van der Waals surface area (Å²) in [5, 5.41) is 20.2. The molecule has 0 fully saturated rings. The first kappa shape index (κ1) is 19.3. The van der Waals surface area contributed by atoms with E-state index in [0.717, 1.165) is 36.1 Å². The Morgan fingerprint density at radius 3 is 2.32 bits per heavy atom. The van der Waals surface area contributed by atoms with Crippen LogP contribution in [0.2, 0.25) is 0 Å². The van der Waals surface area contributed by atoms with Crippen LogP contribution in [0, 0.1) is 0 Å². The maximum absolute atomic E-state index is 10.3. The predicted octanol–water partition coefficient (Wildman–Crippen LogP) is 5.08. The molecule has 2 aromatic rings. The van der Waals surface area contributed by atoms with E-state index >= 15 is 0 Å². The highest BCUT2D eigenvalue weighted by Crippen LogP contribution is 2.52. The molecule has 2 N–H and O–H groups in total. The van der Waals surface area contributed by atoms with Crippen molar-refractivity contribution in [2.45, 2.75) is 53.0 Å². The smallest absolute Gasteiger partial charge is 0.165 e. The van der Waals surface area contributed by atoms with Crippen LogP contribution in [-0.2, 0) is 18.4 Å². The number of likely N-dealkylation sites (N-methyl/N-ethyl adjacent to an activating group) is 1. The molecule has 136 valence electrons. The number of aromatic hydroxyl groups is 2. The maximum Gasteiger partial charge on any atom is 0.165 e. The van der Waals surface area contributed by atoms with Crippen molar-refractivity contribution in [2.75, 3.05) is 13.6 Å². The highest BCUT2D eigenvalue weighted by molar-refractivity contribution is 5.83. The summed E-state index contributed by atoms with van der Waals surface area (Å²) in [6.45, 7) is 11.3.